The molecule has 3 nitrogen and oxygen atoms in total. The monoisotopic (exact) mass is 238 g/mol. The van der Waals surface area contributed by atoms with Gasteiger partial charge in [0.15, 0.2) is 0 Å². The van der Waals surface area contributed by atoms with Gasteiger partial charge in [-0.2, -0.15) is 5.10 Å². The van der Waals surface area contributed by atoms with Crippen molar-refractivity contribution < 1.29 is 4.79 Å². The smallest absolute Gasteiger partial charge is 0.240 e. The van der Waals surface area contributed by atoms with Crippen molar-refractivity contribution in [2.45, 2.75) is 26.2 Å². The van der Waals surface area contributed by atoms with E-state index < -0.39 is 0 Å². The van der Waals surface area contributed by atoms with E-state index in [1.54, 1.807) is 18.3 Å². The number of carbonyl (C=O) groups is 1. The van der Waals surface area contributed by atoms with Gasteiger partial charge in [-0.05, 0) is 24.1 Å². The minimum Gasteiger partial charge on any atom is -0.273 e. The Balaban J connectivity index is 2.40. The Morgan fingerprint density at radius 2 is 2.38 bits per heavy atom. The van der Waals surface area contributed by atoms with Crippen LogP contribution >= 0.6 is 11.6 Å². The molecule has 1 rings (SSSR count). The lowest BCUT2D eigenvalue weighted by Gasteiger charge is -1.97. The highest BCUT2D eigenvalue weighted by Crippen LogP contribution is 2.08. The van der Waals surface area contributed by atoms with E-state index in [-0.39, 0.29) is 5.91 Å². The fourth-order valence-electron chi connectivity index (χ4n) is 1.16. The lowest BCUT2D eigenvalue weighted by Crippen LogP contribution is -2.16. The summed E-state index contributed by atoms with van der Waals surface area (Å²) >= 11 is 5.81. The fraction of sp³-hybridized carbons (Fsp3) is 0.333. The van der Waals surface area contributed by atoms with Crippen LogP contribution in [0.1, 0.15) is 31.7 Å². The first-order chi connectivity index (χ1) is 7.72. The van der Waals surface area contributed by atoms with Gasteiger partial charge in [-0.1, -0.05) is 37.1 Å². The molecule has 0 radical (unpaired) electrons. The Morgan fingerprint density at radius 3 is 3.06 bits per heavy atom. The third kappa shape index (κ3) is 4.94. The van der Waals surface area contributed by atoms with E-state index in [9.17, 15) is 4.79 Å². The lowest BCUT2D eigenvalue weighted by molar-refractivity contribution is -0.121. The second-order valence-corrected chi connectivity index (χ2v) is 3.89. The Morgan fingerprint density at radius 1 is 1.56 bits per heavy atom. The van der Waals surface area contributed by atoms with E-state index in [2.05, 4.69) is 10.5 Å². The van der Waals surface area contributed by atoms with Crippen molar-refractivity contribution in [3.8, 4) is 0 Å². The van der Waals surface area contributed by atoms with Gasteiger partial charge in [0.2, 0.25) is 5.91 Å². The average molecular weight is 239 g/mol. The maximum Gasteiger partial charge on any atom is 0.240 e. The van der Waals surface area contributed by atoms with Gasteiger partial charge in [-0.15, -0.1) is 0 Å². The van der Waals surface area contributed by atoms with Crippen LogP contribution in [0.2, 0.25) is 5.02 Å². The molecule has 0 fully saturated rings. The summed E-state index contributed by atoms with van der Waals surface area (Å²) in [7, 11) is 0. The standard InChI is InChI=1S/C12H15ClN2O/c1-2-3-7-12(16)15-14-9-10-5-4-6-11(13)8-10/h4-6,8-9H,2-3,7H2,1H3,(H,15,16)/b14-9+. The van der Waals surface area contributed by atoms with Gasteiger partial charge in [0.05, 0.1) is 6.21 Å². The molecule has 1 aromatic carbocycles. The highest BCUT2D eigenvalue weighted by Gasteiger charge is 1.96. The number of hydrazone groups is 1. The van der Waals surface area contributed by atoms with Gasteiger partial charge in [-0.25, -0.2) is 5.43 Å². The lowest BCUT2D eigenvalue weighted by atomic mass is 10.2. The molecule has 0 saturated carbocycles. The summed E-state index contributed by atoms with van der Waals surface area (Å²) < 4.78 is 0. The summed E-state index contributed by atoms with van der Waals surface area (Å²) in [6.07, 6.45) is 3.99. The zero-order chi connectivity index (χ0) is 11.8. The summed E-state index contributed by atoms with van der Waals surface area (Å²) in [5, 5.41) is 4.51. The predicted molar refractivity (Wildman–Crippen MR) is 66.7 cm³/mol. The zero-order valence-corrected chi connectivity index (χ0v) is 10.00. The third-order valence-corrected chi connectivity index (χ3v) is 2.24. The molecule has 0 aromatic heterocycles. The van der Waals surface area contributed by atoms with Gasteiger partial charge in [0, 0.05) is 11.4 Å². The second-order valence-electron chi connectivity index (χ2n) is 3.45. The van der Waals surface area contributed by atoms with Crippen molar-refractivity contribution in [3.63, 3.8) is 0 Å². The first-order valence-electron chi connectivity index (χ1n) is 5.30. The number of carbonyl (C=O) groups excluding carboxylic acids is 1. The van der Waals surface area contributed by atoms with Crippen LogP contribution in [0, 0.1) is 0 Å². The van der Waals surface area contributed by atoms with Crippen LogP contribution in [0.3, 0.4) is 0 Å². The van der Waals surface area contributed by atoms with Crippen LogP contribution < -0.4 is 5.43 Å². The molecule has 0 atom stereocenters. The van der Waals surface area contributed by atoms with E-state index in [0.29, 0.717) is 11.4 Å². The van der Waals surface area contributed by atoms with E-state index in [1.165, 1.54) is 0 Å². The summed E-state index contributed by atoms with van der Waals surface area (Å²) in [5.41, 5.74) is 3.34. The van der Waals surface area contributed by atoms with Gasteiger partial charge in [0.1, 0.15) is 0 Å². The van der Waals surface area contributed by atoms with Crippen molar-refractivity contribution in [2.75, 3.05) is 0 Å². The number of hydrogen-bond acceptors (Lipinski definition) is 2. The van der Waals surface area contributed by atoms with Crippen molar-refractivity contribution in [1.82, 2.24) is 5.43 Å². The van der Waals surface area contributed by atoms with Crippen molar-refractivity contribution in [1.29, 1.82) is 0 Å². The van der Waals surface area contributed by atoms with E-state index >= 15 is 0 Å². The van der Waals surface area contributed by atoms with Crippen LogP contribution in [-0.2, 0) is 4.79 Å². The third-order valence-electron chi connectivity index (χ3n) is 2.01. The molecule has 0 unspecified atom stereocenters. The highest BCUT2D eigenvalue weighted by atomic mass is 35.5. The number of halogens is 1. The first-order valence-corrected chi connectivity index (χ1v) is 5.67. The quantitative estimate of drug-likeness (QED) is 0.622. The number of nitrogens with one attached hydrogen (secondary N) is 1. The molecule has 86 valence electrons. The first kappa shape index (κ1) is 12.7. The maximum absolute atomic E-state index is 11.2. The van der Waals surface area contributed by atoms with Crippen molar-refractivity contribution in [3.05, 3.63) is 34.9 Å². The largest absolute Gasteiger partial charge is 0.273 e. The summed E-state index contributed by atoms with van der Waals surface area (Å²) in [6, 6.07) is 7.28. The van der Waals surface area contributed by atoms with Gasteiger partial charge in [0.25, 0.3) is 0 Å². The Hall–Kier alpha value is -1.35. The number of hydrogen-bond donors (Lipinski definition) is 1. The number of nitrogens with zero attached hydrogens (tertiary/aromatic N) is 1. The van der Waals surface area contributed by atoms with Crippen LogP contribution in [0.15, 0.2) is 29.4 Å². The van der Waals surface area contributed by atoms with Crippen LogP contribution in [0.4, 0.5) is 0 Å². The molecule has 0 aliphatic heterocycles. The molecule has 1 N–H and O–H groups in total. The molecule has 0 bridgehead atoms. The predicted octanol–water partition coefficient (Wildman–Crippen LogP) is 2.98. The van der Waals surface area contributed by atoms with E-state index in [4.69, 9.17) is 11.6 Å². The minimum absolute atomic E-state index is 0.0554. The molecule has 1 amide bonds. The van der Waals surface area contributed by atoms with Gasteiger partial charge in [-0.3, -0.25) is 4.79 Å². The second kappa shape index (κ2) is 7.01. The molecule has 0 aliphatic carbocycles. The minimum atomic E-state index is -0.0554. The Labute approximate surface area is 101 Å². The zero-order valence-electron chi connectivity index (χ0n) is 9.24. The summed E-state index contributed by atoms with van der Waals surface area (Å²) in [5.74, 6) is -0.0554. The molecule has 4 heteroatoms. The Kier molecular flexibility index (Phi) is 5.57. The Bertz CT molecular complexity index is 377. The van der Waals surface area contributed by atoms with Crippen LogP contribution in [0.25, 0.3) is 0 Å². The van der Waals surface area contributed by atoms with Crippen molar-refractivity contribution in [2.24, 2.45) is 5.10 Å². The highest BCUT2D eigenvalue weighted by molar-refractivity contribution is 6.30. The fourth-order valence-corrected chi connectivity index (χ4v) is 1.36. The van der Waals surface area contributed by atoms with Crippen LogP contribution in [0.5, 0.6) is 0 Å². The van der Waals surface area contributed by atoms with E-state index in [0.717, 1.165) is 18.4 Å². The summed E-state index contributed by atoms with van der Waals surface area (Å²) in [4.78, 5) is 11.2. The number of rotatable bonds is 5. The maximum atomic E-state index is 11.2. The number of unbranched alkanes of at least 4 members (excludes halogenated alkanes) is 1. The summed E-state index contributed by atoms with van der Waals surface area (Å²) in [6.45, 7) is 2.04. The van der Waals surface area contributed by atoms with Gasteiger partial charge < -0.3 is 0 Å². The topological polar surface area (TPSA) is 41.5 Å². The van der Waals surface area contributed by atoms with Gasteiger partial charge >= 0.3 is 0 Å². The van der Waals surface area contributed by atoms with E-state index in [1.807, 2.05) is 19.1 Å². The molecule has 1 aromatic rings. The molecule has 0 heterocycles. The molecular formula is C12H15ClN2O. The number of amides is 1. The molecule has 0 aliphatic rings. The molecule has 0 saturated heterocycles. The molecule has 0 spiro atoms. The number of benzene rings is 1. The average Bonchev–Trinajstić information content (AvgIpc) is 2.26. The molecule has 16 heavy (non-hydrogen) atoms. The normalized spacial score (nSPS) is 10.6. The SMILES string of the molecule is CCCCC(=O)N/N=C/c1cccc(Cl)c1. The van der Waals surface area contributed by atoms with Crippen LogP contribution in [-0.4, -0.2) is 12.1 Å². The van der Waals surface area contributed by atoms with Crippen molar-refractivity contribution >= 4 is 23.7 Å². The molecular weight excluding hydrogens is 224 g/mol.